The second-order valence-corrected chi connectivity index (χ2v) is 3.79. The Morgan fingerprint density at radius 2 is 2.22 bits per heavy atom. The lowest BCUT2D eigenvalue weighted by atomic mass is 10.2. The van der Waals surface area contributed by atoms with Crippen LogP contribution >= 0.6 is 0 Å². The number of rotatable bonds is 5. The third-order valence-corrected chi connectivity index (χ3v) is 2.27. The molecule has 1 rings (SSSR count). The first kappa shape index (κ1) is 13.9. The molecule has 0 bridgehead atoms. The van der Waals surface area contributed by atoms with Crippen molar-refractivity contribution >= 4 is 11.7 Å². The van der Waals surface area contributed by atoms with Crippen LogP contribution in [0.25, 0.3) is 0 Å². The summed E-state index contributed by atoms with van der Waals surface area (Å²) < 4.78 is 5.79. The van der Waals surface area contributed by atoms with E-state index in [1.54, 1.807) is 0 Å². The minimum Gasteiger partial charge on any atom is -0.464 e. The number of aryl methyl sites for hydroxylation is 1. The molecule has 0 aliphatic carbocycles. The molecule has 0 aliphatic heterocycles. The molecule has 0 fully saturated rings. The number of carbonyl (C=O) groups is 1. The van der Waals surface area contributed by atoms with Gasteiger partial charge in [0, 0.05) is 11.6 Å². The Morgan fingerprint density at radius 1 is 1.56 bits per heavy atom. The summed E-state index contributed by atoms with van der Waals surface area (Å²) in [6.45, 7) is 3.26. The molecule has 1 heterocycles. The lowest BCUT2D eigenvalue weighted by Crippen LogP contribution is -2.25. The van der Waals surface area contributed by atoms with Crippen molar-refractivity contribution in [2.45, 2.75) is 26.8 Å². The summed E-state index contributed by atoms with van der Waals surface area (Å²) in [5.41, 5.74) is -0.396. The number of esters is 1. The van der Waals surface area contributed by atoms with E-state index in [1.807, 2.05) is 6.92 Å². The van der Waals surface area contributed by atoms with Crippen LogP contribution < -0.4 is 5.56 Å². The average Bonchev–Trinajstić information content (AvgIpc) is 2.29. The molecule has 0 atom stereocenters. The number of ether oxygens (including phenoxy) is 1. The van der Waals surface area contributed by atoms with E-state index in [1.165, 1.54) is 6.92 Å². The van der Waals surface area contributed by atoms with Gasteiger partial charge in [0.05, 0.1) is 17.7 Å². The van der Waals surface area contributed by atoms with E-state index in [0.717, 1.165) is 16.8 Å². The number of aromatic nitrogens is 1. The lowest BCUT2D eigenvalue weighted by molar-refractivity contribution is -0.385. The zero-order chi connectivity index (χ0) is 13.7. The van der Waals surface area contributed by atoms with E-state index < -0.39 is 16.5 Å². The highest BCUT2D eigenvalue weighted by Crippen LogP contribution is 2.13. The Kier molecular flexibility index (Phi) is 4.59. The molecule has 0 radical (unpaired) electrons. The molecule has 0 aromatic carbocycles. The summed E-state index contributed by atoms with van der Waals surface area (Å²) in [6, 6.07) is 1.13. The maximum Gasteiger partial charge on any atom is 0.326 e. The highest BCUT2D eigenvalue weighted by atomic mass is 16.6. The summed E-state index contributed by atoms with van der Waals surface area (Å²) in [5.74, 6) is -0.586. The van der Waals surface area contributed by atoms with Gasteiger partial charge in [0.15, 0.2) is 0 Å². The van der Waals surface area contributed by atoms with Crippen molar-refractivity contribution in [1.29, 1.82) is 0 Å². The van der Waals surface area contributed by atoms with Gasteiger partial charge in [-0.15, -0.1) is 0 Å². The van der Waals surface area contributed by atoms with Gasteiger partial charge in [0.25, 0.3) is 11.2 Å². The number of pyridine rings is 1. The predicted molar refractivity (Wildman–Crippen MR) is 63.3 cm³/mol. The lowest BCUT2D eigenvalue weighted by Gasteiger charge is -2.06. The van der Waals surface area contributed by atoms with Gasteiger partial charge < -0.3 is 4.74 Å². The minimum absolute atomic E-state index is 0.196. The quantitative estimate of drug-likeness (QED) is 0.444. The van der Waals surface area contributed by atoms with Gasteiger partial charge >= 0.3 is 5.97 Å². The van der Waals surface area contributed by atoms with Crippen molar-refractivity contribution in [2.24, 2.45) is 0 Å². The highest BCUT2D eigenvalue weighted by Gasteiger charge is 2.15. The van der Waals surface area contributed by atoms with Gasteiger partial charge in [-0.2, -0.15) is 0 Å². The SMILES string of the molecule is CCCOC(=O)Cn1cc([N+](=O)[O-])c(C)cc1=O. The number of hydrogen-bond acceptors (Lipinski definition) is 5. The summed E-state index contributed by atoms with van der Waals surface area (Å²) in [4.78, 5) is 33.0. The van der Waals surface area contributed by atoms with E-state index in [-0.39, 0.29) is 24.4 Å². The van der Waals surface area contributed by atoms with Crippen LogP contribution in [0.15, 0.2) is 17.1 Å². The number of nitro groups is 1. The third kappa shape index (κ3) is 3.41. The van der Waals surface area contributed by atoms with Crippen LogP contribution in [0.4, 0.5) is 5.69 Å². The van der Waals surface area contributed by atoms with E-state index in [9.17, 15) is 19.7 Å². The topological polar surface area (TPSA) is 91.4 Å². The predicted octanol–water partition coefficient (Wildman–Crippen LogP) is 1.02. The smallest absolute Gasteiger partial charge is 0.326 e. The number of hydrogen-bond donors (Lipinski definition) is 0. The van der Waals surface area contributed by atoms with Crippen molar-refractivity contribution in [2.75, 3.05) is 6.61 Å². The minimum atomic E-state index is -0.595. The van der Waals surface area contributed by atoms with E-state index in [4.69, 9.17) is 4.74 Å². The molecule has 98 valence electrons. The van der Waals surface area contributed by atoms with Crippen molar-refractivity contribution in [3.8, 4) is 0 Å². The first-order valence-corrected chi connectivity index (χ1v) is 5.46. The summed E-state index contributed by atoms with van der Waals surface area (Å²) in [6.07, 6.45) is 1.74. The Balaban J connectivity index is 2.96. The molecule has 0 amide bonds. The first-order chi connectivity index (χ1) is 8.45. The molecule has 1 aromatic heterocycles. The Labute approximate surface area is 103 Å². The molecule has 18 heavy (non-hydrogen) atoms. The maximum absolute atomic E-state index is 11.6. The molecular formula is C11H14N2O5. The molecule has 7 nitrogen and oxygen atoms in total. The Bertz CT molecular complexity index is 521. The molecule has 0 unspecified atom stereocenters. The molecule has 0 saturated carbocycles. The Hall–Kier alpha value is -2.18. The van der Waals surface area contributed by atoms with Crippen LogP contribution in [0.2, 0.25) is 0 Å². The average molecular weight is 254 g/mol. The van der Waals surface area contributed by atoms with Crippen LogP contribution in [-0.2, 0) is 16.1 Å². The molecule has 0 aliphatic rings. The number of nitrogens with zero attached hydrogens (tertiary/aromatic N) is 2. The fourth-order valence-electron chi connectivity index (χ4n) is 1.37. The van der Waals surface area contributed by atoms with Crippen molar-refractivity contribution in [3.05, 3.63) is 38.3 Å². The number of carbonyl (C=O) groups excluding carboxylic acids is 1. The second-order valence-electron chi connectivity index (χ2n) is 3.79. The monoisotopic (exact) mass is 254 g/mol. The molecule has 7 heteroatoms. The van der Waals surface area contributed by atoms with E-state index in [2.05, 4.69) is 0 Å². The Morgan fingerprint density at radius 3 is 2.78 bits per heavy atom. The standard InChI is InChI=1S/C11H14N2O5/c1-3-4-18-11(15)7-12-6-9(13(16)17)8(2)5-10(12)14/h5-6H,3-4,7H2,1-2H3. The summed E-state index contributed by atoms with van der Waals surface area (Å²) >= 11 is 0. The van der Waals surface area contributed by atoms with E-state index >= 15 is 0 Å². The van der Waals surface area contributed by atoms with Crippen molar-refractivity contribution in [1.82, 2.24) is 4.57 Å². The molecular weight excluding hydrogens is 240 g/mol. The highest BCUT2D eigenvalue weighted by molar-refractivity contribution is 5.69. The molecule has 0 spiro atoms. The summed E-state index contributed by atoms with van der Waals surface area (Å²) in [7, 11) is 0. The van der Waals surface area contributed by atoms with Crippen LogP contribution in [0.5, 0.6) is 0 Å². The van der Waals surface area contributed by atoms with Gasteiger partial charge in [0.1, 0.15) is 6.54 Å². The van der Waals surface area contributed by atoms with Gasteiger partial charge in [-0.25, -0.2) is 0 Å². The fraction of sp³-hybridized carbons (Fsp3) is 0.455. The second kappa shape index (κ2) is 5.95. The largest absolute Gasteiger partial charge is 0.464 e. The van der Waals surface area contributed by atoms with Crippen LogP contribution in [-0.4, -0.2) is 22.1 Å². The van der Waals surface area contributed by atoms with Gasteiger partial charge in [0.2, 0.25) is 0 Å². The fourth-order valence-corrected chi connectivity index (χ4v) is 1.37. The normalized spacial score (nSPS) is 10.1. The maximum atomic E-state index is 11.6. The van der Waals surface area contributed by atoms with Crippen molar-refractivity contribution in [3.63, 3.8) is 0 Å². The molecule has 1 aromatic rings. The first-order valence-electron chi connectivity index (χ1n) is 5.46. The van der Waals surface area contributed by atoms with Gasteiger partial charge in [-0.3, -0.25) is 24.3 Å². The zero-order valence-electron chi connectivity index (χ0n) is 10.2. The zero-order valence-corrected chi connectivity index (χ0v) is 10.2. The van der Waals surface area contributed by atoms with Gasteiger partial charge in [-0.1, -0.05) is 6.92 Å². The molecule has 0 N–H and O–H groups in total. The molecule has 0 saturated heterocycles. The summed E-state index contributed by atoms with van der Waals surface area (Å²) in [5, 5.41) is 10.7. The third-order valence-electron chi connectivity index (χ3n) is 2.27. The van der Waals surface area contributed by atoms with Crippen molar-refractivity contribution < 1.29 is 14.5 Å². The van der Waals surface area contributed by atoms with E-state index in [0.29, 0.717) is 6.42 Å². The van der Waals surface area contributed by atoms with Gasteiger partial charge in [-0.05, 0) is 13.3 Å². The van der Waals surface area contributed by atoms with Crippen LogP contribution in [0, 0.1) is 17.0 Å². The van der Waals surface area contributed by atoms with Crippen LogP contribution in [0.3, 0.4) is 0 Å². The van der Waals surface area contributed by atoms with Crippen LogP contribution in [0.1, 0.15) is 18.9 Å².